The molecule has 0 aliphatic carbocycles. The SMILES string of the molecule is CCCc1ccc(C(=O)c2ccc(OCC)cc2O)cc1.CCOc1ccc(C(=O)c2ccc(CC)cc2)c(O)c1. The van der Waals surface area contributed by atoms with Gasteiger partial charge in [0.15, 0.2) is 11.6 Å². The molecule has 214 valence electrons. The third-order valence-electron chi connectivity index (χ3n) is 6.43. The van der Waals surface area contributed by atoms with E-state index in [-0.39, 0.29) is 28.6 Å². The normalized spacial score (nSPS) is 10.3. The van der Waals surface area contributed by atoms with Gasteiger partial charge in [-0.3, -0.25) is 9.59 Å². The third kappa shape index (κ3) is 8.45. The van der Waals surface area contributed by atoms with Gasteiger partial charge >= 0.3 is 0 Å². The van der Waals surface area contributed by atoms with Crippen molar-refractivity contribution in [2.75, 3.05) is 13.2 Å². The first-order chi connectivity index (χ1) is 19.8. The summed E-state index contributed by atoms with van der Waals surface area (Å²) in [7, 11) is 0. The highest BCUT2D eigenvalue weighted by Crippen LogP contribution is 2.27. The number of rotatable bonds is 11. The van der Waals surface area contributed by atoms with Crippen molar-refractivity contribution < 1.29 is 29.3 Å². The summed E-state index contributed by atoms with van der Waals surface area (Å²) in [4.78, 5) is 24.7. The molecular weight excluding hydrogens is 516 g/mol. The predicted molar refractivity (Wildman–Crippen MR) is 162 cm³/mol. The number of ketones is 2. The molecule has 0 atom stereocenters. The Balaban J connectivity index is 0.000000226. The zero-order valence-electron chi connectivity index (χ0n) is 24.1. The molecule has 0 saturated carbocycles. The van der Waals surface area contributed by atoms with Crippen LogP contribution in [-0.4, -0.2) is 35.0 Å². The fraction of sp³-hybridized carbons (Fsp3) is 0.257. The number of ether oxygens (including phenoxy) is 2. The summed E-state index contributed by atoms with van der Waals surface area (Å²) in [6.07, 6.45) is 3.01. The Morgan fingerprint density at radius 3 is 1.34 bits per heavy atom. The highest BCUT2D eigenvalue weighted by Gasteiger charge is 2.15. The summed E-state index contributed by atoms with van der Waals surface area (Å²) < 4.78 is 10.6. The zero-order valence-corrected chi connectivity index (χ0v) is 24.1. The van der Waals surface area contributed by atoms with Crippen molar-refractivity contribution in [1.82, 2.24) is 0 Å². The van der Waals surface area contributed by atoms with Crippen LogP contribution in [0.2, 0.25) is 0 Å². The second kappa shape index (κ2) is 15.3. The minimum atomic E-state index is -0.187. The standard InChI is InChI=1S/C18H20O3.C17H18O3/c1-3-5-13-6-8-14(9-7-13)18(20)16-11-10-15(21-4-2)12-17(16)19;1-3-12-5-7-13(8-6-12)17(19)15-10-9-14(20-4-2)11-16(15)18/h6-12,19H,3-5H2,1-2H3;5-11,18H,3-4H2,1-2H3. The quantitative estimate of drug-likeness (QED) is 0.186. The summed E-state index contributed by atoms with van der Waals surface area (Å²) in [6.45, 7) is 8.96. The van der Waals surface area contributed by atoms with Crippen LogP contribution in [0, 0.1) is 0 Å². The van der Waals surface area contributed by atoms with Gasteiger partial charge in [-0.05, 0) is 62.1 Å². The van der Waals surface area contributed by atoms with Gasteiger partial charge in [-0.25, -0.2) is 0 Å². The third-order valence-corrected chi connectivity index (χ3v) is 6.43. The van der Waals surface area contributed by atoms with Crippen molar-refractivity contribution in [1.29, 1.82) is 0 Å². The molecule has 2 N–H and O–H groups in total. The number of carbonyl (C=O) groups excluding carboxylic acids is 2. The molecule has 0 aliphatic heterocycles. The first-order valence-corrected chi connectivity index (χ1v) is 14.0. The van der Waals surface area contributed by atoms with Crippen molar-refractivity contribution in [2.45, 2.75) is 47.0 Å². The highest BCUT2D eigenvalue weighted by atomic mass is 16.5. The molecule has 0 aromatic heterocycles. The monoisotopic (exact) mass is 554 g/mol. The number of hydrogen-bond donors (Lipinski definition) is 2. The van der Waals surface area contributed by atoms with Crippen LogP contribution in [0.5, 0.6) is 23.0 Å². The number of phenols is 2. The molecule has 0 bridgehead atoms. The molecule has 0 aliphatic rings. The van der Waals surface area contributed by atoms with Gasteiger partial charge in [0.2, 0.25) is 0 Å². The van der Waals surface area contributed by atoms with E-state index in [2.05, 4.69) is 13.8 Å². The van der Waals surface area contributed by atoms with E-state index in [0.29, 0.717) is 41.4 Å². The fourth-order valence-electron chi connectivity index (χ4n) is 4.23. The summed E-state index contributed by atoms with van der Waals surface area (Å²) >= 11 is 0. The Morgan fingerprint density at radius 1 is 0.585 bits per heavy atom. The van der Waals surface area contributed by atoms with Crippen molar-refractivity contribution in [3.05, 3.63) is 118 Å². The maximum atomic E-state index is 12.4. The molecule has 0 fully saturated rings. The topological polar surface area (TPSA) is 93.1 Å². The van der Waals surface area contributed by atoms with E-state index in [1.165, 1.54) is 23.3 Å². The number of aryl methyl sites for hydroxylation is 2. The van der Waals surface area contributed by atoms with Crippen LogP contribution in [0.4, 0.5) is 0 Å². The molecule has 41 heavy (non-hydrogen) atoms. The van der Waals surface area contributed by atoms with E-state index in [4.69, 9.17) is 9.47 Å². The van der Waals surface area contributed by atoms with Crippen molar-refractivity contribution in [3.8, 4) is 23.0 Å². The maximum absolute atomic E-state index is 12.4. The first-order valence-electron chi connectivity index (χ1n) is 14.0. The lowest BCUT2D eigenvalue weighted by Crippen LogP contribution is -2.02. The largest absolute Gasteiger partial charge is 0.507 e. The smallest absolute Gasteiger partial charge is 0.196 e. The molecule has 0 spiro atoms. The van der Waals surface area contributed by atoms with Gasteiger partial charge in [0.05, 0.1) is 24.3 Å². The average molecular weight is 555 g/mol. The lowest BCUT2D eigenvalue weighted by atomic mass is 10.00. The minimum Gasteiger partial charge on any atom is -0.507 e. The van der Waals surface area contributed by atoms with Gasteiger partial charge in [-0.15, -0.1) is 0 Å². The molecule has 0 amide bonds. The van der Waals surface area contributed by atoms with Gasteiger partial charge in [-0.1, -0.05) is 68.8 Å². The van der Waals surface area contributed by atoms with E-state index in [1.54, 1.807) is 36.4 Å². The van der Waals surface area contributed by atoms with E-state index in [9.17, 15) is 19.8 Å². The Labute approximate surface area is 242 Å². The van der Waals surface area contributed by atoms with Crippen molar-refractivity contribution >= 4 is 11.6 Å². The van der Waals surface area contributed by atoms with Crippen molar-refractivity contribution in [2.24, 2.45) is 0 Å². The molecule has 0 unspecified atom stereocenters. The zero-order chi connectivity index (χ0) is 29.8. The number of aromatic hydroxyl groups is 2. The molecule has 6 heteroatoms. The Kier molecular flexibility index (Phi) is 11.5. The molecule has 4 aromatic rings. The molecule has 6 nitrogen and oxygen atoms in total. The number of carbonyl (C=O) groups is 2. The van der Waals surface area contributed by atoms with E-state index in [1.807, 2.05) is 50.2 Å². The van der Waals surface area contributed by atoms with Gasteiger partial charge in [0.25, 0.3) is 0 Å². The van der Waals surface area contributed by atoms with E-state index in [0.717, 1.165) is 19.3 Å². The van der Waals surface area contributed by atoms with Gasteiger partial charge in [0.1, 0.15) is 23.0 Å². The van der Waals surface area contributed by atoms with E-state index < -0.39 is 0 Å². The number of hydrogen-bond acceptors (Lipinski definition) is 6. The summed E-state index contributed by atoms with van der Waals surface area (Å²) in [5.74, 6) is 0.642. The Hall–Kier alpha value is -4.58. The van der Waals surface area contributed by atoms with E-state index >= 15 is 0 Å². The summed E-state index contributed by atoms with van der Waals surface area (Å²) in [6, 6.07) is 24.5. The molecule has 0 radical (unpaired) electrons. The van der Waals surface area contributed by atoms with Gasteiger partial charge in [-0.2, -0.15) is 0 Å². The predicted octanol–water partition coefficient (Wildman–Crippen LogP) is 7.56. The van der Waals surface area contributed by atoms with Gasteiger partial charge < -0.3 is 19.7 Å². The minimum absolute atomic E-state index is 0.0522. The number of phenolic OH excluding ortho intramolecular Hbond substituents is 2. The van der Waals surface area contributed by atoms with Crippen LogP contribution in [0.25, 0.3) is 0 Å². The van der Waals surface area contributed by atoms with Crippen molar-refractivity contribution in [3.63, 3.8) is 0 Å². The maximum Gasteiger partial charge on any atom is 0.196 e. The second-order valence-corrected chi connectivity index (χ2v) is 9.38. The first kappa shape index (κ1) is 31.0. The molecular formula is C35H38O6. The van der Waals surface area contributed by atoms with Crippen LogP contribution in [0.3, 0.4) is 0 Å². The molecule has 4 aromatic carbocycles. The molecule has 0 saturated heterocycles. The Morgan fingerprint density at radius 2 is 1.00 bits per heavy atom. The molecule has 0 heterocycles. The fourth-order valence-corrected chi connectivity index (χ4v) is 4.23. The average Bonchev–Trinajstić information content (AvgIpc) is 2.98. The van der Waals surface area contributed by atoms with Gasteiger partial charge in [0, 0.05) is 23.3 Å². The second-order valence-electron chi connectivity index (χ2n) is 9.38. The molecule has 4 rings (SSSR count). The number of benzene rings is 4. The van der Waals surface area contributed by atoms with Crippen LogP contribution in [0.1, 0.15) is 77.1 Å². The summed E-state index contributed by atoms with van der Waals surface area (Å²) in [5.41, 5.74) is 4.12. The Bertz CT molecular complexity index is 1440. The highest BCUT2D eigenvalue weighted by molar-refractivity contribution is 6.11. The lowest BCUT2D eigenvalue weighted by molar-refractivity contribution is 0.102. The lowest BCUT2D eigenvalue weighted by Gasteiger charge is -2.08. The van der Waals surface area contributed by atoms with Crippen LogP contribution in [-0.2, 0) is 12.8 Å². The van der Waals surface area contributed by atoms with Crippen LogP contribution < -0.4 is 9.47 Å². The van der Waals surface area contributed by atoms with Crippen LogP contribution in [0.15, 0.2) is 84.9 Å². The summed E-state index contributed by atoms with van der Waals surface area (Å²) in [5, 5.41) is 19.9. The van der Waals surface area contributed by atoms with Crippen LogP contribution >= 0.6 is 0 Å².